The maximum absolute atomic E-state index is 15.3. The van der Waals surface area contributed by atoms with Crippen LogP contribution in [0.3, 0.4) is 0 Å². The summed E-state index contributed by atoms with van der Waals surface area (Å²) in [4.78, 5) is 92.1. The number of ether oxygens (including phenoxy) is 4. The largest absolute Gasteiger partial charge is 0.496 e. The first kappa shape index (κ1) is 66.8. The summed E-state index contributed by atoms with van der Waals surface area (Å²) in [5.41, 5.74) is -1.59. The van der Waals surface area contributed by atoms with Gasteiger partial charge in [-0.2, -0.15) is 8.42 Å². The van der Waals surface area contributed by atoms with Gasteiger partial charge in [0.25, 0.3) is 10.1 Å². The normalized spacial score (nSPS) is 27.4. The molecule has 3 aromatic carbocycles. The van der Waals surface area contributed by atoms with E-state index in [0.717, 1.165) is 43.8 Å². The van der Waals surface area contributed by atoms with E-state index < -0.39 is 73.7 Å². The van der Waals surface area contributed by atoms with E-state index in [1.54, 1.807) is 54.2 Å². The summed E-state index contributed by atoms with van der Waals surface area (Å²) in [5, 5.41) is 38.1. The molecule has 3 fully saturated rings. The van der Waals surface area contributed by atoms with Crippen LogP contribution in [0.1, 0.15) is 80.1 Å². The summed E-state index contributed by atoms with van der Waals surface area (Å²) >= 11 is 8.96. The maximum Gasteiger partial charge on any atom is 0.344 e. The quantitative estimate of drug-likeness (QED) is 0.0178. The third-order valence-corrected chi connectivity index (χ3v) is 21.4. The van der Waals surface area contributed by atoms with Gasteiger partial charge in [0.15, 0.2) is 11.2 Å². The number of nitrogens with one attached hydrogen (secondary N) is 4. The Hall–Kier alpha value is -7.60. The van der Waals surface area contributed by atoms with Gasteiger partial charge >= 0.3 is 23.9 Å². The van der Waals surface area contributed by atoms with E-state index >= 15 is 4.79 Å². The topological polar surface area (TPSA) is 317 Å². The molecule has 1 unspecified atom stereocenters. The van der Waals surface area contributed by atoms with Gasteiger partial charge in [0, 0.05) is 113 Å². The Labute approximate surface area is 550 Å². The molecule has 13 rings (SSSR count). The minimum absolute atomic E-state index is 0.155. The van der Waals surface area contributed by atoms with Gasteiger partial charge in [-0.3, -0.25) is 34.1 Å². The van der Waals surface area contributed by atoms with E-state index in [2.05, 4.69) is 51.8 Å². The lowest BCUT2D eigenvalue weighted by atomic mass is 9.47. The smallest absolute Gasteiger partial charge is 0.344 e. The molecule has 4 aromatic heterocycles. The fraction of sp³-hybridized carbons (Fsp3) is 0.446. The average molecular weight is 1350 g/mol. The number of methoxy groups -OCH3 is 3. The van der Waals surface area contributed by atoms with E-state index in [1.807, 2.05) is 61.7 Å². The maximum atomic E-state index is 15.3. The van der Waals surface area contributed by atoms with E-state index in [-0.39, 0.29) is 18.4 Å². The molecule has 10 atom stereocenters. The lowest BCUT2D eigenvalue weighted by Gasteiger charge is -2.63. The number of amides is 3. The van der Waals surface area contributed by atoms with Crippen LogP contribution < -0.4 is 25.6 Å². The van der Waals surface area contributed by atoms with E-state index in [9.17, 15) is 37.8 Å². The van der Waals surface area contributed by atoms with Gasteiger partial charge in [-0.1, -0.05) is 61.9 Å². The molecule has 24 nitrogen and oxygen atoms in total. The molecule has 3 amide bonds. The van der Waals surface area contributed by atoms with Crippen molar-refractivity contribution in [2.75, 3.05) is 87.7 Å². The van der Waals surface area contributed by atoms with Crippen LogP contribution in [0.25, 0.3) is 21.1 Å². The van der Waals surface area contributed by atoms with Crippen molar-refractivity contribution in [3.63, 3.8) is 0 Å². The van der Waals surface area contributed by atoms with Crippen LogP contribution in [0.15, 0.2) is 96.8 Å². The second kappa shape index (κ2) is 26.3. The number of thiophene rings is 1. The number of aromatic amines is 1. The molecular weight excluding hydrogens is 1280 g/mol. The third kappa shape index (κ3) is 12.1. The van der Waals surface area contributed by atoms with Crippen molar-refractivity contribution in [1.29, 1.82) is 0 Å². The van der Waals surface area contributed by atoms with Crippen LogP contribution in [0.2, 0.25) is 5.02 Å². The highest BCUT2D eigenvalue weighted by atomic mass is 35.5. The lowest BCUT2D eigenvalue weighted by molar-refractivity contribution is -0.228. The van der Waals surface area contributed by atoms with E-state index in [0.29, 0.717) is 128 Å². The average Bonchev–Trinajstić information content (AvgIpc) is 1.52. The first-order valence-electron chi connectivity index (χ1n) is 30.6. The number of esters is 3. The molecule has 7 N–H and O–H groups in total. The second-order valence-corrected chi connectivity index (χ2v) is 28.5. The van der Waals surface area contributed by atoms with Crippen molar-refractivity contribution in [2.45, 2.75) is 106 Å². The van der Waals surface area contributed by atoms with E-state index in [4.69, 9.17) is 35.1 Å². The Morgan fingerprint density at radius 3 is 2.41 bits per heavy atom. The number of thiazole rings is 1. The van der Waals surface area contributed by atoms with Gasteiger partial charge in [-0.15, -0.1) is 22.7 Å². The predicted molar refractivity (Wildman–Crippen MR) is 354 cm³/mol. The number of nitrogens with zero attached hydrogens (tertiary/aromatic N) is 6. The molecule has 494 valence electrons. The zero-order valence-electron chi connectivity index (χ0n) is 52.4. The Morgan fingerprint density at radius 1 is 0.925 bits per heavy atom. The molecule has 2 saturated heterocycles. The van der Waals surface area contributed by atoms with Gasteiger partial charge in [-0.05, 0) is 104 Å². The number of aliphatic hydroxyl groups is 2. The molecule has 93 heavy (non-hydrogen) atoms. The summed E-state index contributed by atoms with van der Waals surface area (Å²) in [5.74, 6) is -1.23. The number of carbonyl (C=O) groups is 5. The Bertz CT molecular complexity index is 4160. The number of fused-ring (bicyclic) bond motifs is 7. The number of H-pyrrole nitrogens is 1. The molecule has 1 saturated carbocycles. The second-order valence-electron chi connectivity index (χ2n) is 24.6. The van der Waals surface area contributed by atoms with Crippen molar-refractivity contribution >= 4 is 118 Å². The Kier molecular flexibility index (Phi) is 18.9. The van der Waals surface area contributed by atoms with Crippen LogP contribution in [0.4, 0.5) is 27.1 Å². The number of benzene rings is 3. The number of halogens is 1. The monoisotopic (exact) mass is 1350 g/mol. The highest BCUT2D eigenvalue weighted by Gasteiger charge is 2.81. The molecule has 0 radical (unpaired) electrons. The van der Waals surface area contributed by atoms with Gasteiger partial charge < -0.3 is 49.7 Å². The lowest BCUT2D eigenvalue weighted by Crippen LogP contribution is -2.81. The minimum atomic E-state index is -3.67. The molecule has 7 aromatic rings. The van der Waals surface area contributed by atoms with Gasteiger partial charge in [0.05, 0.1) is 55.1 Å². The Morgan fingerprint density at radius 2 is 1.70 bits per heavy atom. The molecule has 1 aliphatic carbocycles. The molecular formula is C65H75ClN10O14S3. The number of rotatable bonds is 14. The SMILES string of the molecule is CC[C@]1(O)C[C@@H]2CN(CCc3c([nH]c4ccccc34)[C@@](C(=O)OC)(c3cc4c(cc3OC)N(C=O)[C@H]3[C@@](O)(C(=O)OC)[C@H](OC(C)=O)[C@]5(CC)C=CCN6CC[C@]43[C@@H]65)C2)C1.CS(=O)(=O)O.O=C(Nc1cccc(Cl)c1)Nc1ncc(CCNc2ncnc3ccsc23)s1. The first-order valence-corrected chi connectivity index (χ1v) is 34.5. The van der Waals surface area contributed by atoms with Gasteiger partial charge in [-0.25, -0.2) is 24.5 Å². The third-order valence-electron chi connectivity index (χ3n) is 19.3. The van der Waals surface area contributed by atoms with Crippen LogP contribution in [0, 0.1) is 11.3 Å². The number of carbonyl (C=O) groups excluding carboxylic acids is 5. The number of hydrogen-bond acceptors (Lipinski definition) is 21. The Balaban J connectivity index is 0.000000222. The minimum Gasteiger partial charge on any atom is -0.496 e. The zero-order chi connectivity index (χ0) is 66.4. The molecule has 9 heterocycles. The molecule has 5 aliphatic heterocycles. The molecule has 2 bridgehead atoms. The van der Waals surface area contributed by atoms with Crippen molar-refractivity contribution in [3.8, 4) is 5.75 Å². The predicted octanol–water partition coefficient (Wildman–Crippen LogP) is 8.12. The van der Waals surface area contributed by atoms with Gasteiger partial charge in [0.1, 0.15) is 23.3 Å². The fourth-order valence-electron chi connectivity index (χ4n) is 15.9. The zero-order valence-corrected chi connectivity index (χ0v) is 55.6. The highest BCUT2D eigenvalue weighted by molar-refractivity contribution is 7.85. The van der Waals surface area contributed by atoms with Crippen LogP contribution in [-0.2, 0) is 67.2 Å². The van der Waals surface area contributed by atoms with Crippen molar-refractivity contribution in [2.24, 2.45) is 11.3 Å². The number of piperidine rings is 1. The molecule has 28 heteroatoms. The number of aromatic nitrogens is 4. The molecule has 1 spiro atoms. The standard InChI is InChI=1S/C46H56N4O10.C18H15ClN6OS2.CH4O3S/c1-7-42(55)22-28-23-45(40(53)58-5,36-30(14-18-48(24-28)25-42)29-12-9-10-13-33(29)47-36)32-20-31-34(21-35(32)57-4)50(26-51)38-44(31)16-19-49-17-11-15-43(8-2,37(44)49)39(60-27(3)52)46(38,56)41(54)59-6;19-11-2-1-3-12(8-11)24-17(26)25-18-21-9-13(28-18)4-6-20-16-15-14(5-7-27-15)22-10-23-16;1-5(2,3)4/h9-13,15,20-21,26,28,37-39,47,55-56H,7-8,14,16-19,22-25H2,1-6H3;1-3,5,7-10H,4,6H2,(H,20,22,23)(H2,21,24,25,26);1H3,(H,2,3,4)/t28-,37-,38+,39+,42-,43+,44+,45-,46-;;/m0../s1. The van der Waals surface area contributed by atoms with Crippen molar-refractivity contribution < 1.29 is 66.1 Å². The highest BCUT2D eigenvalue weighted by Crippen LogP contribution is 2.68. The van der Waals surface area contributed by atoms with Crippen molar-refractivity contribution in [1.82, 2.24) is 29.7 Å². The summed E-state index contributed by atoms with van der Waals surface area (Å²) in [7, 11) is 0.423. The number of anilines is 4. The first-order chi connectivity index (χ1) is 44.4. The van der Waals surface area contributed by atoms with E-state index in [1.165, 1.54) is 44.5 Å². The number of urea groups is 1. The van der Waals surface area contributed by atoms with Crippen LogP contribution in [0.5, 0.6) is 5.75 Å². The summed E-state index contributed by atoms with van der Waals surface area (Å²) in [6.45, 7) is 8.87. The summed E-state index contributed by atoms with van der Waals surface area (Å²) in [6.07, 6.45) is 10.6. The summed E-state index contributed by atoms with van der Waals surface area (Å²) in [6, 6.07) is 18.6. The number of hydrogen-bond donors (Lipinski definition) is 7. The molecule has 6 aliphatic rings. The van der Waals surface area contributed by atoms with Gasteiger partial charge in [0.2, 0.25) is 12.0 Å². The van der Waals surface area contributed by atoms with Crippen molar-refractivity contribution in [3.05, 3.63) is 129 Å². The fourth-order valence-corrected chi connectivity index (χ4v) is 17.7. The van der Waals surface area contributed by atoms with Crippen LogP contribution >= 0.6 is 34.3 Å². The van der Waals surface area contributed by atoms with Crippen LogP contribution in [-0.4, -0.2) is 180 Å². The summed E-state index contributed by atoms with van der Waals surface area (Å²) < 4.78 is 50.6. The number of para-hydroxylation sites is 1.